The number of rotatable bonds is 4. The number of carboxylic acids is 1. The Labute approximate surface area is 112 Å². The Kier molecular flexibility index (Phi) is 3.83. The number of hydrogen-bond acceptors (Lipinski definition) is 5. The van der Waals surface area contributed by atoms with Gasteiger partial charge >= 0.3 is 5.97 Å². The van der Waals surface area contributed by atoms with Crippen LogP contribution >= 0.6 is 23.4 Å². The summed E-state index contributed by atoms with van der Waals surface area (Å²) >= 11 is 7.45. The normalized spacial score (nSPS) is 10.6. The number of aryl methyl sites for hydroxylation is 1. The summed E-state index contributed by atoms with van der Waals surface area (Å²) < 4.78 is 1.56. The van der Waals surface area contributed by atoms with E-state index >= 15 is 0 Å². The van der Waals surface area contributed by atoms with Gasteiger partial charge in [-0.1, -0.05) is 29.4 Å². The van der Waals surface area contributed by atoms with E-state index in [1.165, 1.54) is 23.9 Å². The van der Waals surface area contributed by atoms with Gasteiger partial charge in [-0.2, -0.15) is 0 Å². The van der Waals surface area contributed by atoms with Gasteiger partial charge < -0.3 is 5.11 Å². The zero-order valence-electron chi connectivity index (χ0n) is 9.37. The predicted octanol–water partition coefficient (Wildman–Crippen LogP) is 1.85. The summed E-state index contributed by atoms with van der Waals surface area (Å²) in [7, 11) is 1.75. The van der Waals surface area contributed by atoms with E-state index in [2.05, 4.69) is 15.5 Å². The highest BCUT2D eigenvalue weighted by Gasteiger charge is 2.09. The first-order chi connectivity index (χ1) is 8.58. The van der Waals surface area contributed by atoms with Crippen LogP contribution in [0.15, 0.2) is 23.4 Å². The highest BCUT2D eigenvalue weighted by molar-refractivity contribution is 7.98. The first-order valence-corrected chi connectivity index (χ1v) is 6.31. The van der Waals surface area contributed by atoms with Crippen molar-refractivity contribution < 1.29 is 9.90 Å². The minimum atomic E-state index is -0.992. The van der Waals surface area contributed by atoms with Gasteiger partial charge in [0.1, 0.15) is 0 Å². The SMILES string of the molecule is Cn1nnnc1SCc1ccc(C(=O)O)cc1Cl. The molecule has 0 aliphatic rings. The number of halogens is 1. The molecule has 0 fully saturated rings. The number of carbonyl (C=O) groups is 1. The van der Waals surface area contributed by atoms with Gasteiger partial charge in [-0.3, -0.25) is 0 Å². The van der Waals surface area contributed by atoms with E-state index in [0.717, 1.165) is 5.56 Å². The monoisotopic (exact) mass is 284 g/mol. The molecule has 1 aromatic carbocycles. The summed E-state index contributed by atoms with van der Waals surface area (Å²) in [6.45, 7) is 0. The van der Waals surface area contributed by atoms with Gasteiger partial charge in [0.15, 0.2) is 0 Å². The predicted molar refractivity (Wildman–Crippen MR) is 66.8 cm³/mol. The largest absolute Gasteiger partial charge is 0.478 e. The van der Waals surface area contributed by atoms with Crippen molar-refractivity contribution >= 4 is 29.3 Å². The summed E-state index contributed by atoms with van der Waals surface area (Å²) in [4.78, 5) is 10.8. The van der Waals surface area contributed by atoms with Crippen molar-refractivity contribution in [3.05, 3.63) is 34.3 Å². The molecule has 1 aromatic heterocycles. The summed E-state index contributed by atoms with van der Waals surface area (Å²) in [5, 5.41) is 21.0. The van der Waals surface area contributed by atoms with Crippen LogP contribution in [0.4, 0.5) is 0 Å². The van der Waals surface area contributed by atoms with Crippen molar-refractivity contribution in [2.24, 2.45) is 7.05 Å². The third-order valence-corrected chi connectivity index (χ3v) is 3.65. The lowest BCUT2D eigenvalue weighted by molar-refractivity contribution is 0.0697. The number of tetrazole rings is 1. The molecule has 0 spiro atoms. The Hall–Kier alpha value is -1.60. The van der Waals surface area contributed by atoms with Crippen molar-refractivity contribution in [3.8, 4) is 0 Å². The lowest BCUT2D eigenvalue weighted by Gasteiger charge is -2.04. The number of hydrogen-bond donors (Lipinski definition) is 1. The van der Waals surface area contributed by atoms with Crippen molar-refractivity contribution in [1.29, 1.82) is 0 Å². The van der Waals surface area contributed by atoms with Crippen molar-refractivity contribution in [2.75, 3.05) is 0 Å². The third kappa shape index (κ3) is 2.80. The Balaban J connectivity index is 2.11. The van der Waals surface area contributed by atoms with Crippen LogP contribution < -0.4 is 0 Å². The topological polar surface area (TPSA) is 80.9 Å². The molecule has 8 heteroatoms. The molecule has 94 valence electrons. The fourth-order valence-corrected chi connectivity index (χ4v) is 2.46. The second kappa shape index (κ2) is 5.36. The molecule has 0 bridgehead atoms. The minimum Gasteiger partial charge on any atom is -0.478 e. The quantitative estimate of drug-likeness (QED) is 0.863. The minimum absolute atomic E-state index is 0.175. The van der Waals surface area contributed by atoms with Gasteiger partial charge in [-0.05, 0) is 28.1 Å². The maximum absolute atomic E-state index is 10.8. The first-order valence-electron chi connectivity index (χ1n) is 4.95. The average Bonchev–Trinajstić information content (AvgIpc) is 2.73. The Morgan fingerprint density at radius 2 is 2.33 bits per heavy atom. The maximum atomic E-state index is 10.8. The van der Waals surface area contributed by atoms with Gasteiger partial charge in [0, 0.05) is 17.8 Å². The van der Waals surface area contributed by atoms with Crippen LogP contribution in [-0.2, 0) is 12.8 Å². The molecule has 0 aliphatic carbocycles. The van der Waals surface area contributed by atoms with E-state index in [1.54, 1.807) is 17.8 Å². The molecule has 1 heterocycles. The fourth-order valence-electron chi connectivity index (χ4n) is 1.28. The molecule has 1 N–H and O–H groups in total. The molecule has 0 aliphatic heterocycles. The number of aromatic nitrogens is 4. The van der Waals surface area contributed by atoms with Crippen LogP contribution in [0.3, 0.4) is 0 Å². The van der Waals surface area contributed by atoms with Crippen molar-refractivity contribution in [2.45, 2.75) is 10.9 Å². The molecule has 0 saturated heterocycles. The molecule has 0 atom stereocenters. The lowest BCUT2D eigenvalue weighted by atomic mass is 10.1. The average molecular weight is 285 g/mol. The van der Waals surface area contributed by atoms with Gasteiger partial charge in [-0.15, -0.1) is 5.10 Å². The Morgan fingerprint density at radius 3 is 2.89 bits per heavy atom. The van der Waals surface area contributed by atoms with Gasteiger partial charge in [-0.25, -0.2) is 9.48 Å². The number of thioether (sulfide) groups is 1. The summed E-state index contributed by atoms with van der Waals surface area (Å²) in [6, 6.07) is 4.66. The first kappa shape index (κ1) is 12.8. The molecule has 2 rings (SSSR count). The third-order valence-electron chi connectivity index (χ3n) is 2.24. The summed E-state index contributed by atoms with van der Waals surface area (Å²) in [5.74, 6) is -0.416. The molecule has 6 nitrogen and oxygen atoms in total. The van der Waals surface area contributed by atoms with Gasteiger partial charge in [0.05, 0.1) is 5.56 Å². The maximum Gasteiger partial charge on any atom is 0.335 e. The van der Waals surface area contributed by atoms with Crippen molar-refractivity contribution in [1.82, 2.24) is 20.2 Å². The molecule has 0 radical (unpaired) electrons. The fraction of sp³-hybridized carbons (Fsp3) is 0.200. The Morgan fingerprint density at radius 1 is 1.56 bits per heavy atom. The molecular formula is C10H9ClN4O2S. The molecule has 18 heavy (non-hydrogen) atoms. The zero-order valence-corrected chi connectivity index (χ0v) is 10.9. The van der Waals surface area contributed by atoms with E-state index in [4.69, 9.17) is 16.7 Å². The Bertz CT molecular complexity index is 587. The van der Waals surface area contributed by atoms with E-state index in [0.29, 0.717) is 15.9 Å². The second-order valence-corrected chi connectivity index (χ2v) is 4.83. The van der Waals surface area contributed by atoms with E-state index < -0.39 is 5.97 Å². The number of nitrogens with zero attached hydrogens (tertiary/aromatic N) is 4. The zero-order chi connectivity index (χ0) is 13.1. The molecule has 0 saturated carbocycles. The van der Waals surface area contributed by atoms with Crippen LogP contribution in [0.5, 0.6) is 0 Å². The van der Waals surface area contributed by atoms with E-state index in [-0.39, 0.29) is 5.56 Å². The van der Waals surface area contributed by atoms with E-state index in [9.17, 15) is 4.79 Å². The standard InChI is InChI=1S/C10H9ClN4O2S/c1-15-10(12-13-14-15)18-5-7-3-2-6(9(16)17)4-8(7)11/h2-4H,5H2,1H3,(H,16,17). The highest BCUT2D eigenvalue weighted by Crippen LogP contribution is 2.25. The number of aromatic carboxylic acids is 1. The number of benzene rings is 1. The van der Waals surface area contributed by atoms with Gasteiger partial charge in [0.2, 0.25) is 5.16 Å². The van der Waals surface area contributed by atoms with Crippen LogP contribution in [0.2, 0.25) is 5.02 Å². The molecule has 0 amide bonds. The lowest BCUT2D eigenvalue weighted by Crippen LogP contribution is -1.97. The summed E-state index contributed by atoms with van der Waals surface area (Å²) in [6.07, 6.45) is 0. The molecule has 2 aromatic rings. The molecular weight excluding hydrogens is 276 g/mol. The van der Waals surface area contributed by atoms with Crippen LogP contribution in [0, 0.1) is 0 Å². The molecule has 0 unspecified atom stereocenters. The second-order valence-electron chi connectivity index (χ2n) is 3.49. The van der Waals surface area contributed by atoms with Crippen molar-refractivity contribution in [3.63, 3.8) is 0 Å². The highest BCUT2D eigenvalue weighted by atomic mass is 35.5. The van der Waals surface area contributed by atoms with Crippen LogP contribution in [0.25, 0.3) is 0 Å². The van der Waals surface area contributed by atoms with Crippen LogP contribution in [-0.4, -0.2) is 31.3 Å². The van der Waals surface area contributed by atoms with E-state index in [1.807, 2.05) is 0 Å². The summed E-state index contributed by atoms with van der Waals surface area (Å²) in [5.41, 5.74) is 1.02. The van der Waals surface area contributed by atoms with Crippen LogP contribution in [0.1, 0.15) is 15.9 Å². The number of carboxylic acid groups (broad SMARTS) is 1. The van der Waals surface area contributed by atoms with Gasteiger partial charge in [0.25, 0.3) is 0 Å². The smallest absolute Gasteiger partial charge is 0.335 e.